The van der Waals surface area contributed by atoms with Crippen LogP contribution < -0.4 is 14.4 Å². The van der Waals surface area contributed by atoms with Crippen molar-refractivity contribution in [3.63, 3.8) is 0 Å². The maximum absolute atomic E-state index is 12.6. The van der Waals surface area contributed by atoms with Gasteiger partial charge in [0.05, 0.1) is 11.9 Å². The fourth-order valence-electron chi connectivity index (χ4n) is 2.92. The van der Waals surface area contributed by atoms with Gasteiger partial charge >= 0.3 is 0 Å². The summed E-state index contributed by atoms with van der Waals surface area (Å²) < 4.78 is 31.5. The van der Waals surface area contributed by atoms with Gasteiger partial charge in [0.1, 0.15) is 5.75 Å². The molecule has 8 heteroatoms. The number of aryl methyl sites for hydroxylation is 1. The van der Waals surface area contributed by atoms with Gasteiger partial charge in [-0.2, -0.15) is 0 Å². The van der Waals surface area contributed by atoms with E-state index in [9.17, 15) is 13.2 Å². The van der Waals surface area contributed by atoms with Crippen LogP contribution in [0.3, 0.4) is 0 Å². The van der Waals surface area contributed by atoms with E-state index in [1.54, 1.807) is 24.3 Å². The topological polar surface area (TPSA) is 75.7 Å². The standard InChI is InChI=1S/C19H21ClN2O4S/c1-13-3-8-17-16(11-13)22(27(2,24)25)10-9-18(26-17)19(23)21-12-14-4-6-15(20)7-5-14/h3-8,11,18H,9-10,12H2,1-2H3,(H,21,23)/t18-/m1/s1. The molecule has 0 bridgehead atoms. The van der Waals surface area contributed by atoms with E-state index in [4.69, 9.17) is 16.3 Å². The van der Waals surface area contributed by atoms with Crippen molar-refractivity contribution in [2.45, 2.75) is 26.0 Å². The molecule has 2 aromatic rings. The lowest BCUT2D eigenvalue weighted by atomic mass is 10.2. The van der Waals surface area contributed by atoms with Crippen LogP contribution in [0, 0.1) is 6.92 Å². The van der Waals surface area contributed by atoms with Crippen molar-refractivity contribution in [1.82, 2.24) is 5.32 Å². The van der Waals surface area contributed by atoms with Crippen LogP contribution in [0.5, 0.6) is 5.75 Å². The number of carbonyl (C=O) groups is 1. The Morgan fingerprint density at radius 2 is 1.96 bits per heavy atom. The number of hydrogen-bond donors (Lipinski definition) is 1. The molecule has 1 amide bonds. The SMILES string of the molecule is Cc1ccc2c(c1)N(S(C)(=O)=O)CC[C@H](C(=O)NCc1ccc(Cl)cc1)O2. The Morgan fingerprint density at radius 1 is 1.26 bits per heavy atom. The van der Waals surface area contributed by atoms with Crippen LogP contribution in [-0.2, 0) is 21.4 Å². The predicted octanol–water partition coefficient (Wildman–Crippen LogP) is 2.88. The number of carbonyl (C=O) groups excluding carboxylic acids is 1. The molecule has 1 atom stereocenters. The van der Waals surface area contributed by atoms with E-state index in [0.717, 1.165) is 17.4 Å². The van der Waals surface area contributed by atoms with Crippen molar-refractivity contribution < 1.29 is 17.9 Å². The molecule has 1 N–H and O–H groups in total. The molecule has 0 aliphatic carbocycles. The highest BCUT2D eigenvalue weighted by Gasteiger charge is 2.31. The number of fused-ring (bicyclic) bond motifs is 1. The highest BCUT2D eigenvalue weighted by Crippen LogP contribution is 2.35. The number of amides is 1. The lowest BCUT2D eigenvalue weighted by molar-refractivity contribution is -0.128. The Hall–Kier alpha value is -2.25. The van der Waals surface area contributed by atoms with Crippen molar-refractivity contribution >= 4 is 33.2 Å². The second-order valence-corrected chi connectivity index (χ2v) is 8.89. The Balaban J connectivity index is 1.77. The van der Waals surface area contributed by atoms with Gasteiger partial charge in [0.25, 0.3) is 5.91 Å². The summed E-state index contributed by atoms with van der Waals surface area (Å²) in [6, 6.07) is 12.5. The van der Waals surface area contributed by atoms with Crippen molar-refractivity contribution in [3.8, 4) is 5.75 Å². The molecule has 144 valence electrons. The third kappa shape index (κ3) is 4.73. The Labute approximate surface area is 164 Å². The quantitative estimate of drug-likeness (QED) is 0.844. The fourth-order valence-corrected chi connectivity index (χ4v) is 3.99. The number of rotatable bonds is 4. The molecule has 0 saturated heterocycles. The number of anilines is 1. The molecule has 0 fully saturated rings. The number of halogens is 1. The van der Waals surface area contributed by atoms with Crippen LogP contribution in [0.4, 0.5) is 5.69 Å². The van der Waals surface area contributed by atoms with E-state index in [0.29, 0.717) is 23.0 Å². The first kappa shape index (κ1) is 19.5. The van der Waals surface area contributed by atoms with Gasteiger partial charge in [-0.1, -0.05) is 29.8 Å². The molecule has 27 heavy (non-hydrogen) atoms. The maximum atomic E-state index is 12.6. The Morgan fingerprint density at radius 3 is 2.63 bits per heavy atom. The summed E-state index contributed by atoms with van der Waals surface area (Å²) >= 11 is 5.86. The van der Waals surface area contributed by atoms with Crippen LogP contribution in [0.1, 0.15) is 17.5 Å². The van der Waals surface area contributed by atoms with Crippen molar-refractivity contribution in [3.05, 3.63) is 58.6 Å². The average Bonchev–Trinajstić information content (AvgIpc) is 2.80. The second-order valence-electron chi connectivity index (χ2n) is 6.55. The first-order valence-corrected chi connectivity index (χ1v) is 10.7. The number of benzene rings is 2. The third-order valence-corrected chi connectivity index (χ3v) is 5.75. The average molecular weight is 409 g/mol. The number of ether oxygens (including phenoxy) is 1. The number of nitrogens with one attached hydrogen (secondary N) is 1. The van der Waals surface area contributed by atoms with Crippen molar-refractivity contribution in [2.75, 3.05) is 17.1 Å². The number of nitrogens with zero attached hydrogens (tertiary/aromatic N) is 1. The normalized spacial score (nSPS) is 16.9. The first-order valence-electron chi connectivity index (χ1n) is 8.51. The van der Waals surface area contributed by atoms with Crippen LogP contribution in [-0.4, -0.2) is 33.2 Å². The summed E-state index contributed by atoms with van der Waals surface area (Å²) in [6.07, 6.45) is 0.637. The van der Waals surface area contributed by atoms with Crippen LogP contribution >= 0.6 is 11.6 Å². The molecule has 1 aliphatic heterocycles. The van der Waals surface area contributed by atoms with Gasteiger partial charge in [0.15, 0.2) is 6.10 Å². The molecule has 3 rings (SSSR count). The Kier molecular flexibility index (Phi) is 5.62. The van der Waals surface area contributed by atoms with Gasteiger partial charge in [-0.3, -0.25) is 9.10 Å². The maximum Gasteiger partial charge on any atom is 0.261 e. The molecule has 0 aromatic heterocycles. The van der Waals surface area contributed by atoms with Gasteiger partial charge in [0, 0.05) is 24.5 Å². The molecule has 0 unspecified atom stereocenters. The molecular formula is C19H21ClN2O4S. The third-order valence-electron chi connectivity index (χ3n) is 4.32. The molecule has 0 radical (unpaired) electrons. The van der Waals surface area contributed by atoms with Gasteiger partial charge in [-0.15, -0.1) is 0 Å². The lowest BCUT2D eigenvalue weighted by Gasteiger charge is -2.21. The minimum absolute atomic E-state index is 0.175. The van der Waals surface area contributed by atoms with Gasteiger partial charge in [-0.25, -0.2) is 8.42 Å². The molecular weight excluding hydrogens is 388 g/mol. The zero-order valence-electron chi connectivity index (χ0n) is 15.1. The first-order chi connectivity index (χ1) is 12.7. The summed E-state index contributed by atoms with van der Waals surface area (Å²) in [6.45, 7) is 2.39. The van der Waals surface area contributed by atoms with Crippen LogP contribution in [0.15, 0.2) is 42.5 Å². The smallest absolute Gasteiger partial charge is 0.261 e. The second kappa shape index (κ2) is 7.78. The van der Waals surface area contributed by atoms with Gasteiger partial charge in [0.2, 0.25) is 10.0 Å². The minimum atomic E-state index is -3.48. The summed E-state index contributed by atoms with van der Waals surface area (Å²) in [4.78, 5) is 12.6. The predicted molar refractivity (Wildman–Crippen MR) is 106 cm³/mol. The monoisotopic (exact) mass is 408 g/mol. The van der Waals surface area contributed by atoms with Crippen molar-refractivity contribution in [2.24, 2.45) is 0 Å². The van der Waals surface area contributed by atoms with Crippen LogP contribution in [0.25, 0.3) is 0 Å². The highest BCUT2D eigenvalue weighted by molar-refractivity contribution is 7.92. The Bertz CT molecular complexity index is 945. The van der Waals surface area contributed by atoms with E-state index in [1.807, 2.05) is 25.1 Å². The molecule has 1 heterocycles. The minimum Gasteiger partial charge on any atom is -0.478 e. The molecule has 0 spiro atoms. The van der Waals surface area contributed by atoms with Crippen molar-refractivity contribution in [1.29, 1.82) is 0 Å². The molecule has 0 saturated carbocycles. The lowest BCUT2D eigenvalue weighted by Crippen LogP contribution is -2.39. The summed E-state index contributed by atoms with van der Waals surface area (Å²) in [5.41, 5.74) is 2.29. The van der Waals surface area contributed by atoms with E-state index in [2.05, 4.69) is 5.32 Å². The number of sulfonamides is 1. The van der Waals surface area contributed by atoms with Crippen LogP contribution in [0.2, 0.25) is 5.02 Å². The zero-order chi connectivity index (χ0) is 19.6. The van der Waals surface area contributed by atoms with Gasteiger partial charge < -0.3 is 10.1 Å². The molecule has 1 aliphatic rings. The summed E-state index contributed by atoms with van der Waals surface area (Å²) in [7, 11) is -3.48. The zero-order valence-corrected chi connectivity index (χ0v) is 16.7. The molecule has 2 aromatic carbocycles. The van der Waals surface area contributed by atoms with Gasteiger partial charge in [-0.05, 0) is 42.3 Å². The van der Waals surface area contributed by atoms with E-state index >= 15 is 0 Å². The highest BCUT2D eigenvalue weighted by atomic mass is 35.5. The summed E-state index contributed by atoms with van der Waals surface area (Å²) in [5.74, 6) is 0.0991. The van der Waals surface area contributed by atoms with E-state index < -0.39 is 16.1 Å². The summed E-state index contributed by atoms with van der Waals surface area (Å²) in [5, 5.41) is 3.47. The molecule has 6 nitrogen and oxygen atoms in total. The fraction of sp³-hybridized carbons (Fsp3) is 0.316. The largest absolute Gasteiger partial charge is 0.478 e. The van der Waals surface area contributed by atoms with E-state index in [1.165, 1.54) is 4.31 Å². The van der Waals surface area contributed by atoms with E-state index in [-0.39, 0.29) is 18.9 Å². The number of hydrogen-bond acceptors (Lipinski definition) is 4.